The predicted octanol–water partition coefficient (Wildman–Crippen LogP) is 1.20. The highest BCUT2D eigenvalue weighted by molar-refractivity contribution is 5.42. The largest absolute Gasteiger partial charge is 0.355 e. The van der Waals surface area contributed by atoms with Crippen molar-refractivity contribution in [3.63, 3.8) is 0 Å². The molecule has 0 radical (unpaired) electrons. The summed E-state index contributed by atoms with van der Waals surface area (Å²) in [6.45, 7) is 3.94. The number of rotatable bonds is 2. The lowest BCUT2D eigenvalue weighted by Crippen LogP contribution is -2.27. The molecule has 16 heavy (non-hydrogen) atoms. The molecule has 0 spiro atoms. The summed E-state index contributed by atoms with van der Waals surface area (Å²) >= 11 is 0. The maximum atomic E-state index is 5.93. The van der Waals surface area contributed by atoms with E-state index >= 15 is 0 Å². The van der Waals surface area contributed by atoms with Crippen LogP contribution in [-0.2, 0) is 0 Å². The number of hydrogen-bond donors (Lipinski definition) is 1. The summed E-state index contributed by atoms with van der Waals surface area (Å²) in [5, 5.41) is 0. The van der Waals surface area contributed by atoms with E-state index in [1.165, 1.54) is 18.5 Å². The first-order valence-corrected chi connectivity index (χ1v) is 6.08. The maximum absolute atomic E-state index is 5.93. The minimum atomic E-state index is 0.305. The van der Waals surface area contributed by atoms with Gasteiger partial charge >= 0.3 is 0 Å². The highest BCUT2D eigenvalue weighted by Crippen LogP contribution is 2.39. The third kappa shape index (κ3) is 1.89. The third-order valence-corrected chi connectivity index (χ3v) is 3.39. The van der Waals surface area contributed by atoms with Gasteiger partial charge in [0.15, 0.2) is 0 Å². The monoisotopic (exact) mass is 218 g/mol. The second-order valence-electron chi connectivity index (χ2n) is 4.97. The first kappa shape index (κ1) is 10.0. The van der Waals surface area contributed by atoms with E-state index in [1.807, 2.05) is 6.92 Å². The maximum Gasteiger partial charge on any atom is 0.132 e. The van der Waals surface area contributed by atoms with Gasteiger partial charge in [-0.1, -0.05) is 0 Å². The highest BCUT2D eigenvalue weighted by atomic mass is 15.2. The van der Waals surface area contributed by atoms with Crippen LogP contribution in [-0.4, -0.2) is 29.1 Å². The van der Waals surface area contributed by atoms with Crippen molar-refractivity contribution in [1.29, 1.82) is 0 Å². The van der Waals surface area contributed by atoms with Crippen molar-refractivity contribution in [2.24, 2.45) is 5.73 Å². The molecule has 1 atom stereocenters. The summed E-state index contributed by atoms with van der Waals surface area (Å²) in [7, 11) is 0. The van der Waals surface area contributed by atoms with Crippen molar-refractivity contribution in [3.05, 3.63) is 17.6 Å². The summed E-state index contributed by atoms with van der Waals surface area (Å²) in [5.41, 5.74) is 7.15. The second kappa shape index (κ2) is 3.70. The Kier molecular flexibility index (Phi) is 2.32. The molecule has 86 valence electrons. The molecule has 0 amide bonds. The lowest BCUT2D eigenvalue weighted by Gasteiger charge is -2.17. The van der Waals surface area contributed by atoms with Gasteiger partial charge in [-0.25, -0.2) is 9.97 Å². The first-order chi connectivity index (χ1) is 7.72. The van der Waals surface area contributed by atoms with E-state index in [2.05, 4.69) is 20.9 Å². The first-order valence-electron chi connectivity index (χ1n) is 6.08. The van der Waals surface area contributed by atoms with Crippen LogP contribution in [0.2, 0.25) is 0 Å². The zero-order valence-corrected chi connectivity index (χ0v) is 9.69. The molecule has 2 N–H and O–H groups in total. The van der Waals surface area contributed by atoms with Crippen LogP contribution in [0.4, 0.5) is 5.82 Å². The third-order valence-electron chi connectivity index (χ3n) is 3.39. The molecule has 2 heterocycles. The molecule has 4 nitrogen and oxygen atoms in total. The Balaban J connectivity index is 1.88. The van der Waals surface area contributed by atoms with Gasteiger partial charge in [0.05, 0.1) is 0 Å². The Morgan fingerprint density at radius 3 is 2.75 bits per heavy atom. The SMILES string of the molecule is Cc1nc(C2CC2)cc(N2CC[C@@H](N)C2)n1. The number of hydrogen-bond acceptors (Lipinski definition) is 4. The van der Waals surface area contributed by atoms with E-state index in [4.69, 9.17) is 5.73 Å². The molecule has 1 saturated carbocycles. The van der Waals surface area contributed by atoms with Gasteiger partial charge in [0, 0.05) is 36.8 Å². The van der Waals surface area contributed by atoms with Gasteiger partial charge in [0.25, 0.3) is 0 Å². The lowest BCUT2D eigenvalue weighted by molar-refractivity contribution is 0.750. The second-order valence-corrected chi connectivity index (χ2v) is 4.97. The molecule has 4 heteroatoms. The number of nitrogens with zero attached hydrogens (tertiary/aromatic N) is 3. The van der Waals surface area contributed by atoms with Crippen LogP contribution in [0.5, 0.6) is 0 Å². The Morgan fingerprint density at radius 1 is 1.31 bits per heavy atom. The molecule has 1 aliphatic carbocycles. The summed E-state index contributed by atoms with van der Waals surface area (Å²) in [6.07, 6.45) is 3.65. The van der Waals surface area contributed by atoms with Gasteiger partial charge < -0.3 is 10.6 Å². The number of nitrogens with two attached hydrogens (primary N) is 1. The van der Waals surface area contributed by atoms with Gasteiger partial charge in [-0.15, -0.1) is 0 Å². The standard InChI is InChI=1S/C12H18N4/c1-8-14-11(9-2-3-9)6-12(15-8)16-5-4-10(13)7-16/h6,9-10H,2-5,7,13H2,1H3/t10-/m1/s1. The van der Waals surface area contributed by atoms with Crippen molar-refractivity contribution in [1.82, 2.24) is 9.97 Å². The van der Waals surface area contributed by atoms with Gasteiger partial charge in [-0.3, -0.25) is 0 Å². The topological polar surface area (TPSA) is 55.0 Å². The fourth-order valence-electron chi connectivity index (χ4n) is 2.32. The van der Waals surface area contributed by atoms with Crippen molar-refractivity contribution in [3.8, 4) is 0 Å². The molecule has 3 rings (SSSR count). The van der Waals surface area contributed by atoms with Crippen LogP contribution in [0, 0.1) is 6.92 Å². The summed E-state index contributed by atoms with van der Waals surface area (Å²) in [6, 6.07) is 2.46. The minimum absolute atomic E-state index is 0.305. The molecule has 1 aliphatic heterocycles. The highest BCUT2D eigenvalue weighted by Gasteiger charge is 2.27. The van der Waals surface area contributed by atoms with Crippen LogP contribution < -0.4 is 10.6 Å². The average Bonchev–Trinajstić information content (AvgIpc) is 3.01. The van der Waals surface area contributed by atoms with Gasteiger partial charge in [0.1, 0.15) is 11.6 Å². The lowest BCUT2D eigenvalue weighted by atomic mass is 10.2. The number of aryl methyl sites for hydroxylation is 1. The number of aromatic nitrogens is 2. The normalized spacial score (nSPS) is 25.1. The Hall–Kier alpha value is -1.16. The van der Waals surface area contributed by atoms with E-state index < -0.39 is 0 Å². The van der Waals surface area contributed by atoms with Crippen LogP contribution in [0.15, 0.2) is 6.07 Å². The molecular formula is C12H18N4. The van der Waals surface area contributed by atoms with Crippen LogP contribution >= 0.6 is 0 Å². The Morgan fingerprint density at radius 2 is 2.12 bits per heavy atom. The van der Waals surface area contributed by atoms with E-state index in [0.29, 0.717) is 12.0 Å². The predicted molar refractivity (Wildman–Crippen MR) is 63.5 cm³/mol. The fraction of sp³-hybridized carbons (Fsp3) is 0.667. The van der Waals surface area contributed by atoms with Gasteiger partial charge in [-0.2, -0.15) is 0 Å². The summed E-state index contributed by atoms with van der Waals surface area (Å²) in [4.78, 5) is 11.3. The molecule has 0 aromatic carbocycles. The Bertz CT molecular complexity index is 400. The van der Waals surface area contributed by atoms with Crippen molar-refractivity contribution >= 4 is 5.82 Å². The zero-order chi connectivity index (χ0) is 11.1. The van der Waals surface area contributed by atoms with Crippen molar-refractivity contribution < 1.29 is 0 Å². The van der Waals surface area contributed by atoms with Crippen LogP contribution in [0.25, 0.3) is 0 Å². The molecular weight excluding hydrogens is 200 g/mol. The molecule has 1 aromatic rings. The summed E-state index contributed by atoms with van der Waals surface area (Å²) < 4.78 is 0. The van der Waals surface area contributed by atoms with Gasteiger partial charge in [-0.05, 0) is 26.2 Å². The molecule has 1 saturated heterocycles. The van der Waals surface area contributed by atoms with Crippen molar-refractivity contribution in [2.75, 3.05) is 18.0 Å². The van der Waals surface area contributed by atoms with E-state index in [0.717, 1.165) is 31.2 Å². The fourth-order valence-corrected chi connectivity index (χ4v) is 2.32. The van der Waals surface area contributed by atoms with E-state index in [9.17, 15) is 0 Å². The molecule has 2 aliphatic rings. The minimum Gasteiger partial charge on any atom is -0.355 e. The molecule has 0 unspecified atom stereocenters. The van der Waals surface area contributed by atoms with Gasteiger partial charge in [0.2, 0.25) is 0 Å². The number of anilines is 1. The smallest absolute Gasteiger partial charge is 0.132 e. The van der Waals surface area contributed by atoms with E-state index in [1.54, 1.807) is 0 Å². The molecule has 2 fully saturated rings. The quantitative estimate of drug-likeness (QED) is 0.810. The summed E-state index contributed by atoms with van der Waals surface area (Å²) in [5.74, 6) is 2.65. The van der Waals surface area contributed by atoms with Crippen LogP contribution in [0.1, 0.15) is 36.7 Å². The van der Waals surface area contributed by atoms with Crippen molar-refractivity contribution in [2.45, 2.75) is 38.1 Å². The van der Waals surface area contributed by atoms with E-state index in [-0.39, 0.29) is 0 Å². The molecule has 0 bridgehead atoms. The molecule has 1 aromatic heterocycles. The average molecular weight is 218 g/mol. The zero-order valence-electron chi connectivity index (χ0n) is 9.69. The Labute approximate surface area is 95.9 Å². The van der Waals surface area contributed by atoms with Crippen LogP contribution in [0.3, 0.4) is 0 Å².